The molecule has 0 spiro atoms. The fourth-order valence-corrected chi connectivity index (χ4v) is 8.02. The van der Waals surface area contributed by atoms with E-state index in [-0.39, 0.29) is 58.1 Å². The average molecular weight is 904 g/mol. The third-order valence-electron chi connectivity index (χ3n) is 10.4. The van der Waals surface area contributed by atoms with Crippen molar-refractivity contribution in [1.82, 2.24) is 5.32 Å². The zero-order valence-corrected chi connectivity index (χ0v) is 41.5. The highest BCUT2D eigenvalue weighted by molar-refractivity contribution is 7.48. The molecule has 0 aromatic rings. The van der Waals surface area contributed by atoms with Crippen molar-refractivity contribution in [3.05, 3.63) is 12.7 Å². The van der Waals surface area contributed by atoms with E-state index in [2.05, 4.69) is 32.7 Å². The number of esters is 2. The number of alkyl carbamates (subject to hydrolysis) is 1. The van der Waals surface area contributed by atoms with Gasteiger partial charge in [-0.3, -0.25) is 23.2 Å². The van der Waals surface area contributed by atoms with Crippen LogP contribution in [0.3, 0.4) is 0 Å². The van der Waals surface area contributed by atoms with E-state index in [1.165, 1.54) is 96.0 Å². The quantitative estimate of drug-likeness (QED) is 0.0205. The Labute approximate surface area is 379 Å². The molecule has 0 aromatic heterocycles. The van der Waals surface area contributed by atoms with Crippen molar-refractivity contribution in [3.8, 4) is 0 Å². The molecule has 0 aliphatic rings. The van der Waals surface area contributed by atoms with Gasteiger partial charge in [-0.05, 0) is 46.5 Å². The Balaban J connectivity index is 5.32. The molecule has 0 bridgehead atoms. The second kappa shape index (κ2) is 41.7. The van der Waals surface area contributed by atoms with Gasteiger partial charge >= 0.3 is 25.9 Å². The fourth-order valence-electron chi connectivity index (χ4n) is 6.84. The number of carbonyl (C=O) groups is 3. The maximum atomic E-state index is 13.6. The van der Waals surface area contributed by atoms with Gasteiger partial charge in [0.25, 0.3) is 0 Å². The summed E-state index contributed by atoms with van der Waals surface area (Å²) in [5, 5.41) is 2.55. The van der Waals surface area contributed by atoms with Crippen LogP contribution < -0.4 is 5.32 Å². The molecular weight excluding hydrogens is 810 g/mol. The summed E-state index contributed by atoms with van der Waals surface area (Å²) in [4.78, 5) is 38.0. The van der Waals surface area contributed by atoms with Crippen molar-refractivity contribution < 1.29 is 51.5 Å². The first-order valence-corrected chi connectivity index (χ1v) is 26.4. The molecule has 0 aliphatic carbocycles. The number of phosphoric ester groups is 1. The Morgan fingerprint density at radius 1 is 0.565 bits per heavy atom. The topological polar surface area (TPSA) is 145 Å². The Hall–Kier alpha value is -1.98. The molecule has 0 saturated heterocycles. The van der Waals surface area contributed by atoms with Gasteiger partial charge in [-0.2, -0.15) is 0 Å². The van der Waals surface area contributed by atoms with Crippen molar-refractivity contribution in [2.75, 3.05) is 39.6 Å². The number of hydrogen-bond acceptors (Lipinski definition) is 11. The second-order valence-electron chi connectivity index (χ2n) is 17.7. The zero-order chi connectivity index (χ0) is 46.0. The third-order valence-corrected chi connectivity index (χ3v) is 11.8. The summed E-state index contributed by atoms with van der Waals surface area (Å²) in [6.07, 6.45) is 30.7. The number of rotatable bonds is 45. The van der Waals surface area contributed by atoms with Gasteiger partial charge in [0.1, 0.15) is 17.8 Å². The Kier molecular flexibility index (Phi) is 40.4. The lowest BCUT2D eigenvalue weighted by molar-refractivity contribution is -0.156. The first-order chi connectivity index (χ1) is 29.9. The molecule has 1 amide bonds. The standard InChI is InChI=1S/C49H94NO11P/c1-8-12-15-18-20-22-23-25-27-30-33-36-47(52)60-45(43-58-62(54,56-39-11-4)57-41-38-50-48(53)61-49(5,6)7)42-55-40-37-44(34-31-28-17-14-10-3)59-46(51)35-32-29-26-24-21-19-16-13-9-2/h11,44-45H,4,8-10,12-43H2,1-3,5-7H3,(H,50,53)/t44-,45-,62?/m1/s1. The maximum Gasteiger partial charge on any atom is 0.475 e. The molecule has 0 radical (unpaired) electrons. The monoisotopic (exact) mass is 904 g/mol. The van der Waals surface area contributed by atoms with E-state index in [0.717, 1.165) is 70.6 Å². The minimum absolute atomic E-state index is 0.0102. The molecule has 62 heavy (non-hydrogen) atoms. The Bertz CT molecular complexity index is 1130. The maximum absolute atomic E-state index is 13.6. The summed E-state index contributed by atoms with van der Waals surface area (Å²) in [7, 11) is -4.16. The van der Waals surface area contributed by atoms with Crippen molar-refractivity contribution >= 4 is 25.9 Å². The van der Waals surface area contributed by atoms with Gasteiger partial charge in [0.2, 0.25) is 0 Å². The van der Waals surface area contributed by atoms with E-state index >= 15 is 0 Å². The van der Waals surface area contributed by atoms with Crippen LogP contribution in [0.2, 0.25) is 0 Å². The van der Waals surface area contributed by atoms with E-state index in [9.17, 15) is 18.9 Å². The molecule has 13 heteroatoms. The summed E-state index contributed by atoms with van der Waals surface area (Å²) in [6, 6.07) is 0. The molecule has 366 valence electrons. The highest BCUT2D eigenvalue weighted by Crippen LogP contribution is 2.49. The molecule has 12 nitrogen and oxygen atoms in total. The number of ether oxygens (including phenoxy) is 4. The van der Waals surface area contributed by atoms with E-state index in [0.29, 0.717) is 19.3 Å². The molecule has 0 aromatic carbocycles. The van der Waals surface area contributed by atoms with Gasteiger partial charge in [-0.1, -0.05) is 168 Å². The average Bonchev–Trinajstić information content (AvgIpc) is 3.22. The SMILES string of the molecule is C=CCOP(=O)(OCCNC(=O)OC(C)(C)C)OC[C@@H](COCC[C@@H](CCCCCCC)OC(=O)CCCCCCCCCCC)OC(=O)CCCCCCCCCCCCC. The number of hydrogen-bond donors (Lipinski definition) is 1. The minimum Gasteiger partial charge on any atom is -0.462 e. The van der Waals surface area contributed by atoms with E-state index in [4.69, 9.17) is 32.5 Å². The number of nitrogens with one attached hydrogen (secondary N) is 1. The van der Waals surface area contributed by atoms with E-state index in [1.807, 2.05) is 0 Å². The van der Waals surface area contributed by atoms with Crippen LogP contribution >= 0.6 is 7.82 Å². The molecule has 0 rings (SSSR count). The first kappa shape index (κ1) is 60.0. The van der Waals surface area contributed by atoms with Gasteiger partial charge < -0.3 is 24.3 Å². The van der Waals surface area contributed by atoms with Crippen LogP contribution in [0.4, 0.5) is 4.79 Å². The number of phosphoric acid groups is 1. The lowest BCUT2D eigenvalue weighted by Crippen LogP contribution is -2.34. The van der Waals surface area contributed by atoms with Crippen LogP contribution in [0.5, 0.6) is 0 Å². The lowest BCUT2D eigenvalue weighted by atomic mass is 10.1. The molecule has 3 atom stereocenters. The molecule has 0 heterocycles. The summed E-state index contributed by atoms with van der Waals surface area (Å²) >= 11 is 0. The minimum atomic E-state index is -4.16. The van der Waals surface area contributed by atoms with E-state index < -0.39 is 31.6 Å². The fraction of sp³-hybridized carbons (Fsp3) is 0.898. The number of carbonyl (C=O) groups excluding carboxylic acids is 3. The van der Waals surface area contributed by atoms with Crippen LogP contribution in [0, 0.1) is 0 Å². The lowest BCUT2D eigenvalue weighted by Gasteiger charge is -2.23. The van der Waals surface area contributed by atoms with Crippen LogP contribution in [0.25, 0.3) is 0 Å². The summed E-state index contributed by atoms with van der Waals surface area (Å²) in [5.41, 5.74) is -0.676. The molecular formula is C49H94NO11P. The van der Waals surface area contributed by atoms with Crippen LogP contribution in [0.1, 0.15) is 228 Å². The van der Waals surface area contributed by atoms with Gasteiger partial charge in [0.15, 0.2) is 0 Å². The largest absolute Gasteiger partial charge is 0.475 e. The number of amides is 1. The van der Waals surface area contributed by atoms with Crippen molar-refractivity contribution in [1.29, 1.82) is 0 Å². The van der Waals surface area contributed by atoms with Gasteiger partial charge in [0, 0.05) is 25.8 Å². The highest BCUT2D eigenvalue weighted by Gasteiger charge is 2.30. The second-order valence-corrected chi connectivity index (χ2v) is 19.4. The van der Waals surface area contributed by atoms with Gasteiger partial charge in [-0.25, -0.2) is 9.36 Å². The zero-order valence-electron chi connectivity index (χ0n) is 40.6. The van der Waals surface area contributed by atoms with Crippen LogP contribution in [0.15, 0.2) is 12.7 Å². The highest BCUT2D eigenvalue weighted by atomic mass is 31.2. The molecule has 0 aliphatic heterocycles. The summed E-state index contributed by atoms with van der Waals surface area (Å²) < 4.78 is 53.3. The van der Waals surface area contributed by atoms with Crippen molar-refractivity contribution in [3.63, 3.8) is 0 Å². The molecule has 0 fully saturated rings. The smallest absolute Gasteiger partial charge is 0.462 e. The first-order valence-electron chi connectivity index (χ1n) is 25.0. The third kappa shape index (κ3) is 40.8. The summed E-state index contributed by atoms with van der Waals surface area (Å²) in [5.74, 6) is -0.552. The molecule has 0 saturated carbocycles. The van der Waals surface area contributed by atoms with Crippen LogP contribution in [-0.2, 0) is 46.7 Å². The molecule has 1 N–H and O–H groups in total. The van der Waals surface area contributed by atoms with Crippen LogP contribution in [-0.4, -0.2) is 75.4 Å². The van der Waals surface area contributed by atoms with E-state index in [1.54, 1.807) is 20.8 Å². The predicted octanol–water partition coefficient (Wildman–Crippen LogP) is 14.1. The van der Waals surface area contributed by atoms with Gasteiger partial charge in [0.05, 0.1) is 33.0 Å². The normalized spacial score (nSPS) is 13.6. The van der Waals surface area contributed by atoms with Crippen molar-refractivity contribution in [2.45, 2.75) is 246 Å². The summed E-state index contributed by atoms with van der Waals surface area (Å²) in [6.45, 7) is 15.1. The number of unbranched alkanes of at least 4 members (excludes halogenated alkanes) is 22. The Morgan fingerprint density at radius 2 is 1.02 bits per heavy atom. The Morgan fingerprint density at radius 3 is 1.48 bits per heavy atom. The predicted molar refractivity (Wildman–Crippen MR) is 251 cm³/mol. The van der Waals surface area contributed by atoms with Crippen molar-refractivity contribution in [2.24, 2.45) is 0 Å². The molecule has 1 unspecified atom stereocenters. The van der Waals surface area contributed by atoms with Gasteiger partial charge in [-0.15, -0.1) is 6.58 Å².